The molecule has 0 atom stereocenters. The first-order valence-corrected chi connectivity index (χ1v) is 7.38. The van der Waals surface area contributed by atoms with E-state index in [-0.39, 0.29) is 5.25 Å². The summed E-state index contributed by atoms with van der Waals surface area (Å²) < 4.78 is 23.2. The third kappa shape index (κ3) is 4.49. The van der Waals surface area contributed by atoms with E-state index in [2.05, 4.69) is 10.2 Å². The summed E-state index contributed by atoms with van der Waals surface area (Å²) in [5.41, 5.74) is 0. The number of rotatable bonds is 4. The van der Waals surface area contributed by atoms with Crippen molar-refractivity contribution in [2.75, 3.05) is 38.5 Å². The van der Waals surface area contributed by atoms with E-state index in [0.29, 0.717) is 12.3 Å². The lowest BCUT2D eigenvalue weighted by molar-refractivity contribution is 0.309. The van der Waals surface area contributed by atoms with Crippen molar-refractivity contribution in [3.63, 3.8) is 0 Å². The van der Waals surface area contributed by atoms with Gasteiger partial charge in [0.2, 0.25) is 0 Å². The van der Waals surface area contributed by atoms with Crippen LogP contribution < -0.4 is 5.32 Å². The van der Waals surface area contributed by atoms with E-state index in [4.69, 9.17) is 0 Å². The Labute approximate surface area is 93.0 Å². The molecule has 0 radical (unpaired) electrons. The Hall–Kier alpha value is -0.130. The van der Waals surface area contributed by atoms with Gasteiger partial charge >= 0.3 is 0 Å². The van der Waals surface area contributed by atoms with E-state index in [0.717, 1.165) is 32.6 Å². The first-order chi connectivity index (χ1) is 7.02. The summed E-state index contributed by atoms with van der Waals surface area (Å²) in [6.07, 6.45) is 1.11. The van der Waals surface area contributed by atoms with Crippen molar-refractivity contribution in [1.82, 2.24) is 10.2 Å². The van der Waals surface area contributed by atoms with E-state index in [9.17, 15) is 8.42 Å². The highest BCUT2D eigenvalue weighted by Crippen LogP contribution is 2.03. The Morgan fingerprint density at radius 1 is 1.27 bits per heavy atom. The lowest BCUT2D eigenvalue weighted by Gasteiger charge is -2.19. The van der Waals surface area contributed by atoms with Crippen molar-refractivity contribution < 1.29 is 8.42 Å². The Bertz CT molecular complexity index is 267. The highest BCUT2D eigenvalue weighted by Gasteiger charge is 2.18. The number of hydrogen-bond acceptors (Lipinski definition) is 4. The molecule has 5 heteroatoms. The van der Waals surface area contributed by atoms with Gasteiger partial charge in [0, 0.05) is 19.6 Å². The summed E-state index contributed by atoms with van der Waals surface area (Å²) in [5, 5.41) is 3.06. The van der Waals surface area contributed by atoms with Gasteiger partial charge in [0.25, 0.3) is 0 Å². The summed E-state index contributed by atoms with van der Waals surface area (Å²) in [6.45, 7) is 8.18. The topological polar surface area (TPSA) is 49.4 Å². The molecule has 0 bridgehead atoms. The molecule has 1 aliphatic rings. The van der Waals surface area contributed by atoms with Gasteiger partial charge in [-0.1, -0.05) is 0 Å². The normalized spacial score (nSPS) is 20.5. The zero-order chi connectivity index (χ0) is 11.3. The summed E-state index contributed by atoms with van der Waals surface area (Å²) >= 11 is 0. The molecule has 4 nitrogen and oxygen atoms in total. The molecule has 0 unspecified atom stereocenters. The second-order valence-corrected chi connectivity index (χ2v) is 7.04. The molecule has 15 heavy (non-hydrogen) atoms. The average Bonchev–Trinajstić information content (AvgIpc) is 2.42. The van der Waals surface area contributed by atoms with Crippen LogP contribution in [0.4, 0.5) is 0 Å². The van der Waals surface area contributed by atoms with E-state index in [1.807, 2.05) is 0 Å². The maximum Gasteiger partial charge on any atom is 0.153 e. The summed E-state index contributed by atoms with van der Waals surface area (Å²) in [4.78, 5) is 2.24. The van der Waals surface area contributed by atoms with Crippen LogP contribution in [0.25, 0.3) is 0 Å². The molecular formula is C10H22N2O2S. The number of sulfone groups is 1. The van der Waals surface area contributed by atoms with Gasteiger partial charge in [0.05, 0.1) is 11.0 Å². The second-order valence-electron chi connectivity index (χ2n) is 4.36. The number of nitrogens with zero attached hydrogens (tertiary/aromatic N) is 1. The quantitative estimate of drug-likeness (QED) is 0.750. The molecule has 90 valence electrons. The van der Waals surface area contributed by atoms with Crippen LogP contribution in [0, 0.1) is 0 Å². The molecule has 0 amide bonds. The summed E-state index contributed by atoms with van der Waals surface area (Å²) in [6, 6.07) is 0. The largest absolute Gasteiger partial charge is 0.315 e. The smallest absolute Gasteiger partial charge is 0.153 e. The van der Waals surface area contributed by atoms with E-state index >= 15 is 0 Å². The van der Waals surface area contributed by atoms with Gasteiger partial charge in [0.1, 0.15) is 0 Å². The fourth-order valence-corrected chi connectivity index (χ4v) is 2.60. The minimum Gasteiger partial charge on any atom is -0.315 e. The van der Waals surface area contributed by atoms with Crippen LogP contribution in [0.2, 0.25) is 0 Å². The van der Waals surface area contributed by atoms with Crippen molar-refractivity contribution in [2.24, 2.45) is 0 Å². The van der Waals surface area contributed by atoms with Gasteiger partial charge in [-0.25, -0.2) is 8.42 Å². The van der Waals surface area contributed by atoms with Crippen LogP contribution in [-0.2, 0) is 9.84 Å². The minimum atomic E-state index is -2.87. The molecule has 1 aliphatic heterocycles. The molecule has 0 aliphatic carbocycles. The van der Waals surface area contributed by atoms with Gasteiger partial charge in [-0.05, 0) is 33.4 Å². The number of hydrogen-bond donors (Lipinski definition) is 1. The molecule has 1 rings (SSSR count). The first kappa shape index (κ1) is 12.9. The maximum atomic E-state index is 11.6. The standard InChI is InChI=1S/C10H22N2O2S/c1-10(2)15(13,14)9-8-12-6-3-4-11-5-7-12/h10-11H,3-9H2,1-2H3. The first-order valence-electron chi connectivity index (χ1n) is 5.67. The zero-order valence-corrected chi connectivity index (χ0v) is 10.5. The van der Waals surface area contributed by atoms with Crippen molar-refractivity contribution in [1.29, 1.82) is 0 Å². The predicted molar refractivity (Wildman–Crippen MR) is 62.8 cm³/mol. The second kappa shape index (κ2) is 5.82. The van der Waals surface area contributed by atoms with E-state index in [1.54, 1.807) is 13.8 Å². The average molecular weight is 234 g/mol. The Balaban J connectivity index is 2.35. The third-order valence-electron chi connectivity index (χ3n) is 2.84. The summed E-state index contributed by atoms with van der Waals surface area (Å²) in [5.74, 6) is 0.296. The molecular weight excluding hydrogens is 212 g/mol. The van der Waals surface area contributed by atoms with Crippen molar-refractivity contribution in [3.8, 4) is 0 Å². The maximum absolute atomic E-state index is 11.6. The van der Waals surface area contributed by atoms with Crippen LogP contribution in [0.3, 0.4) is 0 Å². The van der Waals surface area contributed by atoms with Crippen molar-refractivity contribution in [2.45, 2.75) is 25.5 Å². The Kier molecular flexibility index (Phi) is 5.02. The van der Waals surface area contributed by atoms with Crippen LogP contribution in [-0.4, -0.2) is 57.0 Å². The van der Waals surface area contributed by atoms with E-state index in [1.165, 1.54) is 0 Å². The molecule has 0 aromatic carbocycles. The van der Waals surface area contributed by atoms with Crippen LogP contribution in [0.15, 0.2) is 0 Å². The fraction of sp³-hybridized carbons (Fsp3) is 1.00. The monoisotopic (exact) mass is 234 g/mol. The zero-order valence-electron chi connectivity index (χ0n) is 9.70. The lowest BCUT2D eigenvalue weighted by atomic mass is 10.4. The highest BCUT2D eigenvalue weighted by molar-refractivity contribution is 7.92. The predicted octanol–water partition coefficient (Wildman–Crippen LogP) is 0.105. The third-order valence-corrected chi connectivity index (χ3v) is 5.03. The van der Waals surface area contributed by atoms with E-state index < -0.39 is 9.84 Å². The molecule has 1 saturated heterocycles. The molecule has 0 aromatic rings. The summed E-state index contributed by atoms with van der Waals surface area (Å²) in [7, 11) is -2.87. The van der Waals surface area contributed by atoms with Gasteiger partial charge in [0.15, 0.2) is 9.84 Å². The van der Waals surface area contributed by atoms with Crippen LogP contribution in [0.5, 0.6) is 0 Å². The van der Waals surface area contributed by atoms with Gasteiger partial charge in [-0.2, -0.15) is 0 Å². The molecule has 0 saturated carbocycles. The molecule has 0 aromatic heterocycles. The fourth-order valence-electron chi connectivity index (χ4n) is 1.62. The highest BCUT2D eigenvalue weighted by atomic mass is 32.2. The SMILES string of the molecule is CC(C)S(=O)(=O)CCN1CCCNCC1. The van der Waals surface area contributed by atoms with Crippen LogP contribution in [0.1, 0.15) is 20.3 Å². The minimum absolute atomic E-state index is 0.248. The van der Waals surface area contributed by atoms with Gasteiger partial charge in [-0.3, -0.25) is 0 Å². The Morgan fingerprint density at radius 3 is 2.67 bits per heavy atom. The molecule has 1 N–H and O–H groups in total. The van der Waals surface area contributed by atoms with Crippen molar-refractivity contribution >= 4 is 9.84 Å². The lowest BCUT2D eigenvalue weighted by Crippen LogP contribution is -2.34. The molecule has 1 fully saturated rings. The molecule has 1 heterocycles. The Morgan fingerprint density at radius 2 is 2.00 bits per heavy atom. The van der Waals surface area contributed by atoms with Crippen molar-refractivity contribution in [3.05, 3.63) is 0 Å². The molecule has 0 spiro atoms. The van der Waals surface area contributed by atoms with Crippen LogP contribution >= 0.6 is 0 Å². The van der Waals surface area contributed by atoms with Gasteiger partial charge in [-0.15, -0.1) is 0 Å². The van der Waals surface area contributed by atoms with Gasteiger partial charge < -0.3 is 10.2 Å². The number of nitrogens with one attached hydrogen (secondary N) is 1.